The number of hydrogen-bond donors (Lipinski definition) is 2. The van der Waals surface area contributed by atoms with Crippen molar-refractivity contribution in [3.8, 4) is 10.6 Å². The molecule has 3 aromatic heterocycles. The van der Waals surface area contributed by atoms with Gasteiger partial charge in [0.2, 0.25) is 10.0 Å². The molecule has 2 fully saturated rings. The highest BCUT2D eigenvalue weighted by molar-refractivity contribution is 7.88. The van der Waals surface area contributed by atoms with Crippen LogP contribution in [0.25, 0.3) is 21.6 Å². The van der Waals surface area contributed by atoms with Crippen LogP contribution in [0.15, 0.2) is 18.3 Å². The molecule has 0 radical (unpaired) electrons. The fraction of sp³-hybridized carbons (Fsp3) is 0.524. The molecule has 3 N–H and O–H groups in total. The van der Waals surface area contributed by atoms with E-state index in [0.29, 0.717) is 30.3 Å². The Labute approximate surface area is 191 Å². The van der Waals surface area contributed by atoms with E-state index >= 15 is 0 Å². The molecule has 1 aliphatic heterocycles. The zero-order valence-corrected chi connectivity index (χ0v) is 19.6. The minimum atomic E-state index is -3.13. The van der Waals surface area contributed by atoms with Crippen LogP contribution >= 0.6 is 11.3 Å². The predicted octanol–water partition coefficient (Wildman–Crippen LogP) is 3.22. The van der Waals surface area contributed by atoms with Crippen LogP contribution in [-0.2, 0) is 10.0 Å². The summed E-state index contributed by atoms with van der Waals surface area (Å²) in [5.41, 5.74) is 9.39. The topological polar surface area (TPSA) is 127 Å². The van der Waals surface area contributed by atoms with Gasteiger partial charge < -0.3 is 11.1 Å². The van der Waals surface area contributed by atoms with E-state index in [1.54, 1.807) is 17.5 Å². The van der Waals surface area contributed by atoms with Crippen LogP contribution in [0.5, 0.6) is 0 Å². The van der Waals surface area contributed by atoms with Crippen molar-refractivity contribution in [2.24, 2.45) is 0 Å². The van der Waals surface area contributed by atoms with Crippen LogP contribution in [0.1, 0.15) is 49.5 Å². The van der Waals surface area contributed by atoms with E-state index in [2.05, 4.69) is 25.5 Å². The highest BCUT2D eigenvalue weighted by Gasteiger charge is 2.25. The lowest BCUT2D eigenvalue weighted by atomic mass is 10.1. The van der Waals surface area contributed by atoms with Gasteiger partial charge >= 0.3 is 0 Å². The number of nitrogens with one attached hydrogen (secondary N) is 1. The molecule has 4 heterocycles. The third-order valence-electron chi connectivity index (χ3n) is 6.36. The van der Waals surface area contributed by atoms with Crippen molar-refractivity contribution in [2.75, 3.05) is 30.4 Å². The van der Waals surface area contributed by atoms with Gasteiger partial charge in [-0.2, -0.15) is 0 Å². The maximum Gasteiger partial charge on any atom is 0.211 e. The molecule has 0 atom stereocenters. The Morgan fingerprint density at radius 2 is 1.84 bits per heavy atom. The van der Waals surface area contributed by atoms with Crippen LogP contribution in [-0.4, -0.2) is 58.3 Å². The molecular formula is C21H27N7O2S2. The van der Waals surface area contributed by atoms with Crippen LogP contribution in [0.2, 0.25) is 0 Å². The number of aromatic nitrogens is 4. The van der Waals surface area contributed by atoms with Gasteiger partial charge in [0.25, 0.3) is 0 Å². The molecule has 11 heteroatoms. The van der Waals surface area contributed by atoms with Crippen LogP contribution in [0.4, 0.5) is 11.5 Å². The van der Waals surface area contributed by atoms with E-state index in [1.165, 1.54) is 36.2 Å². The highest BCUT2D eigenvalue weighted by Crippen LogP contribution is 2.38. The molecule has 1 saturated carbocycles. The Morgan fingerprint density at radius 3 is 2.56 bits per heavy atom. The van der Waals surface area contributed by atoms with E-state index in [0.717, 1.165) is 39.6 Å². The van der Waals surface area contributed by atoms with Crippen molar-refractivity contribution in [1.29, 1.82) is 0 Å². The van der Waals surface area contributed by atoms with E-state index in [9.17, 15) is 8.42 Å². The average Bonchev–Trinajstić information content (AvgIpc) is 3.45. The van der Waals surface area contributed by atoms with Crippen molar-refractivity contribution in [3.63, 3.8) is 0 Å². The Kier molecular flexibility index (Phi) is 5.72. The summed E-state index contributed by atoms with van der Waals surface area (Å²) in [7, 11) is -3.13. The summed E-state index contributed by atoms with van der Waals surface area (Å²) in [6.45, 7) is 1.05. The summed E-state index contributed by atoms with van der Waals surface area (Å²) in [5.74, 6) is 0.944. The first-order valence-electron chi connectivity index (χ1n) is 11.0. The van der Waals surface area contributed by atoms with E-state index in [4.69, 9.17) is 5.73 Å². The van der Waals surface area contributed by atoms with Crippen molar-refractivity contribution in [2.45, 2.75) is 50.5 Å². The monoisotopic (exact) mass is 473 g/mol. The minimum absolute atomic E-state index is 0.194. The summed E-state index contributed by atoms with van der Waals surface area (Å²) in [5, 5.41) is 14.1. The molecular weight excluding hydrogens is 446 g/mol. The lowest BCUT2D eigenvalue weighted by molar-refractivity contribution is 0.332. The predicted molar refractivity (Wildman–Crippen MR) is 127 cm³/mol. The number of rotatable bonds is 5. The number of nitrogens with two attached hydrogens (primary N) is 1. The number of pyridine rings is 2. The quantitative estimate of drug-likeness (QED) is 0.578. The molecule has 0 amide bonds. The van der Waals surface area contributed by atoms with Crippen molar-refractivity contribution >= 4 is 43.9 Å². The smallest absolute Gasteiger partial charge is 0.211 e. The summed E-state index contributed by atoms with van der Waals surface area (Å²) < 4.78 is 24.9. The van der Waals surface area contributed by atoms with Gasteiger partial charge in [0, 0.05) is 25.0 Å². The first-order valence-corrected chi connectivity index (χ1v) is 13.6. The van der Waals surface area contributed by atoms with Gasteiger partial charge in [0.05, 0.1) is 34.7 Å². The van der Waals surface area contributed by atoms with Crippen LogP contribution in [0.3, 0.4) is 0 Å². The number of nitrogens with zero attached hydrogens (tertiary/aromatic N) is 5. The third-order valence-corrected chi connectivity index (χ3v) is 8.79. The lowest BCUT2D eigenvalue weighted by Gasteiger charge is -2.31. The first kappa shape index (κ1) is 21.5. The van der Waals surface area contributed by atoms with Gasteiger partial charge in [-0.1, -0.05) is 24.2 Å². The molecule has 0 spiro atoms. The van der Waals surface area contributed by atoms with Gasteiger partial charge in [-0.3, -0.25) is 4.98 Å². The Bertz CT molecular complexity index is 1230. The molecule has 0 aromatic carbocycles. The van der Waals surface area contributed by atoms with Crippen molar-refractivity contribution < 1.29 is 8.42 Å². The van der Waals surface area contributed by atoms with Gasteiger partial charge in [0.1, 0.15) is 10.8 Å². The van der Waals surface area contributed by atoms with Crippen molar-refractivity contribution in [1.82, 2.24) is 24.5 Å². The van der Waals surface area contributed by atoms with E-state index in [1.807, 2.05) is 12.1 Å². The fourth-order valence-electron chi connectivity index (χ4n) is 4.56. The number of nitrogen functional groups attached to an aromatic ring is 1. The summed E-state index contributed by atoms with van der Waals surface area (Å²) in [4.78, 5) is 9.17. The third kappa shape index (κ3) is 4.41. The summed E-state index contributed by atoms with van der Waals surface area (Å²) >= 11 is 1.61. The minimum Gasteiger partial charge on any atom is -0.383 e. The first-order chi connectivity index (χ1) is 15.4. The number of sulfonamides is 1. The number of hydrogen-bond acceptors (Lipinski definition) is 9. The zero-order valence-electron chi connectivity index (χ0n) is 18.0. The Hall–Kier alpha value is -2.37. The molecule has 170 valence electrons. The second-order valence-electron chi connectivity index (χ2n) is 8.69. The van der Waals surface area contributed by atoms with Gasteiger partial charge in [-0.05, 0) is 37.8 Å². The number of anilines is 2. The molecule has 9 nitrogen and oxygen atoms in total. The van der Waals surface area contributed by atoms with Gasteiger partial charge in [-0.15, -0.1) is 10.2 Å². The molecule has 5 rings (SSSR count). The molecule has 0 bridgehead atoms. The maximum atomic E-state index is 11.7. The molecule has 3 aromatic rings. The fourth-order valence-corrected chi connectivity index (χ4v) is 6.48. The average molecular weight is 474 g/mol. The van der Waals surface area contributed by atoms with Gasteiger partial charge in [0.15, 0.2) is 5.01 Å². The SMILES string of the molecule is CS(=O)(=O)N1CCC(Nc2cnc3cc(-c4nnc(C5CCCC5)s4)c(N)nc3c2)CC1. The van der Waals surface area contributed by atoms with E-state index < -0.39 is 10.0 Å². The molecule has 0 unspecified atom stereocenters. The molecule has 1 saturated heterocycles. The lowest BCUT2D eigenvalue weighted by Crippen LogP contribution is -2.41. The highest BCUT2D eigenvalue weighted by atomic mass is 32.2. The number of fused-ring (bicyclic) bond motifs is 1. The second kappa shape index (κ2) is 8.53. The largest absolute Gasteiger partial charge is 0.383 e. The zero-order chi connectivity index (χ0) is 22.3. The second-order valence-corrected chi connectivity index (χ2v) is 11.7. The molecule has 1 aliphatic carbocycles. The maximum absolute atomic E-state index is 11.7. The van der Waals surface area contributed by atoms with Crippen LogP contribution in [0, 0.1) is 0 Å². The van der Waals surface area contributed by atoms with Crippen LogP contribution < -0.4 is 11.1 Å². The van der Waals surface area contributed by atoms with Crippen molar-refractivity contribution in [3.05, 3.63) is 23.3 Å². The number of piperidine rings is 1. The Balaban J connectivity index is 1.32. The Morgan fingerprint density at radius 1 is 1.09 bits per heavy atom. The standard InChI is InChI=1S/C21H27N7O2S2/c1-32(29,30)28-8-6-14(7-9-28)24-15-10-18-17(23-12-15)11-16(19(22)25-18)21-27-26-20(31-21)13-4-2-3-5-13/h10-14,24H,2-9H2,1H3,(H2,22,25). The molecule has 32 heavy (non-hydrogen) atoms. The van der Waals surface area contributed by atoms with E-state index in [-0.39, 0.29) is 6.04 Å². The molecule has 2 aliphatic rings. The summed E-state index contributed by atoms with van der Waals surface area (Å²) in [6.07, 6.45) is 9.44. The summed E-state index contributed by atoms with van der Waals surface area (Å²) in [6, 6.07) is 4.07. The van der Waals surface area contributed by atoms with Gasteiger partial charge in [-0.25, -0.2) is 17.7 Å². The normalized spacial score (nSPS) is 19.0.